The van der Waals surface area contributed by atoms with Crippen molar-refractivity contribution in [1.82, 2.24) is 15.1 Å². The molecule has 2 heterocycles. The molecule has 0 saturated heterocycles. The van der Waals surface area contributed by atoms with Crippen LogP contribution in [-0.2, 0) is 0 Å². The summed E-state index contributed by atoms with van der Waals surface area (Å²) in [6.45, 7) is 3.60. The Balaban J connectivity index is 1.94. The van der Waals surface area contributed by atoms with Gasteiger partial charge in [-0.25, -0.2) is 9.97 Å². The Labute approximate surface area is 168 Å². The number of nitrogens with two attached hydrogens (primary N) is 1. The number of benzene rings is 1. The Morgan fingerprint density at radius 1 is 1.33 bits per heavy atom. The van der Waals surface area contributed by atoms with E-state index in [4.69, 9.17) is 15.0 Å². The lowest BCUT2D eigenvalue weighted by Crippen LogP contribution is -2.18. The Morgan fingerprint density at radius 3 is 2.70 bits per heavy atom. The van der Waals surface area contributed by atoms with Gasteiger partial charge in [0.15, 0.2) is 11.6 Å². The Bertz CT molecular complexity index is 1070. The fourth-order valence-corrected chi connectivity index (χ4v) is 2.53. The zero-order chi connectivity index (χ0) is 21.9. The molecule has 30 heavy (non-hydrogen) atoms. The van der Waals surface area contributed by atoms with Gasteiger partial charge in [-0.1, -0.05) is 5.16 Å². The average molecular weight is 423 g/mol. The van der Waals surface area contributed by atoms with Crippen LogP contribution < -0.4 is 20.5 Å². The molecule has 0 atom stereocenters. The van der Waals surface area contributed by atoms with Crippen LogP contribution in [0.15, 0.2) is 35.2 Å². The van der Waals surface area contributed by atoms with Gasteiger partial charge in [-0.05, 0) is 32.0 Å². The van der Waals surface area contributed by atoms with Crippen molar-refractivity contribution in [2.24, 2.45) is 0 Å². The molecule has 0 bridgehead atoms. The van der Waals surface area contributed by atoms with Crippen molar-refractivity contribution in [2.75, 3.05) is 17.7 Å². The summed E-state index contributed by atoms with van der Waals surface area (Å²) in [5.74, 6) is -1.03. The predicted molar refractivity (Wildman–Crippen MR) is 98.9 cm³/mol. The van der Waals surface area contributed by atoms with E-state index in [9.17, 15) is 18.0 Å². The van der Waals surface area contributed by atoms with Crippen LogP contribution in [0, 0.1) is 6.92 Å². The highest BCUT2D eigenvalue weighted by molar-refractivity contribution is 6.04. The minimum Gasteiger partial charge on any atom is -0.494 e. The highest BCUT2D eigenvalue weighted by Gasteiger charge is 2.33. The van der Waals surface area contributed by atoms with Gasteiger partial charge in [-0.3, -0.25) is 4.79 Å². The van der Waals surface area contributed by atoms with E-state index in [1.807, 2.05) is 0 Å². The molecule has 0 aliphatic heterocycles. The molecule has 158 valence electrons. The van der Waals surface area contributed by atoms with Crippen LogP contribution in [0.5, 0.6) is 11.5 Å². The number of nitrogens with one attached hydrogen (secondary N) is 1. The van der Waals surface area contributed by atoms with Crippen molar-refractivity contribution >= 4 is 17.5 Å². The smallest absolute Gasteiger partial charge is 0.494 e. The molecule has 12 heteroatoms. The van der Waals surface area contributed by atoms with Crippen LogP contribution in [0.4, 0.5) is 24.8 Å². The van der Waals surface area contributed by atoms with Crippen molar-refractivity contribution in [2.45, 2.75) is 20.2 Å². The number of carbonyl (C=O) groups excluding carboxylic acids is 1. The average Bonchev–Trinajstić information content (AvgIpc) is 3.08. The Kier molecular flexibility index (Phi) is 5.76. The quantitative estimate of drug-likeness (QED) is 0.616. The zero-order valence-electron chi connectivity index (χ0n) is 15.8. The molecule has 3 aromatic rings. The van der Waals surface area contributed by atoms with Crippen molar-refractivity contribution in [3.8, 4) is 22.8 Å². The summed E-state index contributed by atoms with van der Waals surface area (Å²) >= 11 is 0. The summed E-state index contributed by atoms with van der Waals surface area (Å²) in [6, 6.07) is 3.73. The number of ether oxygens (including phenoxy) is 2. The van der Waals surface area contributed by atoms with Gasteiger partial charge in [0.05, 0.1) is 24.1 Å². The SMILES string of the molecule is CCOc1ccc(OC(F)(F)F)c(-c2ncc(NC(=O)c3conc3C)nc2N)c1. The summed E-state index contributed by atoms with van der Waals surface area (Å²) in [4.78, 5) is 20.3. The van der Waals surface area contributed by atoms with Crippen molar-refractivity contribution in [3.63, 3.8) is 0 Å². The van der Waals surface area contributed by atoms with E-state index in [0.29, 0.717) is 18.1 Å². The second kappa shape index (κ2) is 8.27. The summed E-state index contributed by atoms with van der Waals surface area (Å²) < 4.78 is 52.4. The first kappa shape index (κ1) is 20.9. The van der Waals surface area contributed by atoms with E-state index in [0.717, 1.165) is 18.5 Å². The van der Waals surface area contributed by atoms with Crippen LogP contribution in [0.25, 0.3) is 11.3 Å². The van der Waals surface area contributed by atoms with E-state index in [1.54, 1.807) is 13.8 Å². The standard InChI is InChI=1S/C18H16F3N5O4/c1-3-28-10-4-5-13(30-18(19,20)21)11(6-10)15-16(22)24-14(7-23-15)25-17(27)12-8-29-26-9(12)2/h4-8H,3H2,1-2H3,(H3,22,24,25,27). The molecule has 3 rings (SSSR count). The number of anilines is 2. The minimum absolute atomic E-state index is 0.0129. The number of rotatable bonds is 6. The van der Waals surface area contributed by atoms with Crippen LogP contribution in [0.2, 0.25) is 0 Å². The first-order chi connectivity index (χ1) is 14.2. The monoisotopic (exact) mass is 423 g/mol. The zero-order valence-corrected chi connectivity index (χ0v) is 15.8. The molecule has 0 aliphatic carbocycles. The molecule has 0 saturated carbocycles. The fourth-order valence-electron chi connectivity index (χ4n) is 2.53. The van der Waals surface area contributed by atoms with Crippen LogP contribution >= 0.6 is 0 Å². The van der Waals surface area contributed by atoms with E-state index in [1.165, 1.54) is 12.1 Å². The van der Waals surface area contributed by atoms with Gasteiger partial charge in [0, 0.05) is 0 Å². The van der Waals surface area contributed by atoms with Gasteiger partial charge >= 0.3 is 6.36 Å². The minimum atomic E-state index is -4.92. The number of amides is 1. The number of nitrogen functional groups attached to an aromatic ring is 1. The fraction of sp³-hybridized carbons (Fsp3) is 0.222. The normalized spacial score (nSPS) is 11.2. The largest absolute Gasteiger partial charge is 0.573 e. The Morgan fingerprint density at radius 2 is 2.10 bits per heavy atom. The molecule has 3 N–H and O–H groups in total. The molecule has 0 aliphatic rings. The number of hydrogen-bond donors (Lipinski definition) is 2. The maximum atomic E-state index is 12.8. The third-order valence-corrected chi connectivity index (χ3v) is 3.78. The lowest BCUT2D eigenvalue weighted by Gasteiger charge is -2.15. The summed E-state index contributed by atoms with van der Waals surface area (Å²) in [6.07, 6.45) is -2.61. The molecule has 0 radical (unpaired) electrons. The van der Waals surface area contributed by atoms with Gasteiger partial charge in [0.2, 0.25) is 0 Å². The predicted octanol–water partition coefficient (Wildman–Crippen LogP) is 3.57. The van der Waals surface area contributed by atoms with Gasteiger partial charge in [-0.2, -0.15) is 0 Å². The van der Waals surface area contributed by atoms with Gasteiger partial charge < -0.3 is 25.0 Å². The number of nitrogens with zero attached hydrogens (tertiary/aromatic N) is 3. The molecule has 0 spiro atoms. The Hall–Kier alpha value is -3.83. The molecule has 1 amide bonds. The third kappa shape index (κ3) is 4.77. The third-order valence-electron chi connectivity index (χ3n) is 3.78. The van der Waals surface area contributed by atoms with Gasteiger partial charge in [0.1, 0.15) is 29.0 Å². The number of alkyl halides is 3. The van der Waals surface area contributed by atoms with E-state index in [2.05, 4.69) is 25.2 Å². The highest BCUT2D eigenvalue weighted by atomic mass is 19.4. The van der Waals surface area contributed by atoms with E-state index in [-0.39, 0.29) is 28.5 Å². The number of hydrogen-bond acceptors (Lipinski definition) is 8. The molecule has 2 aromatic heterocycles. The van der Waals surface area contributed by atoms with Crippen molar-refractivity contribution < 1.29 is 32.0 Å². The molecular weight excluding hydrogens is 407 g/mol. The maximum absolute atomic E-state index is 12.8. The molecule has 0 fully saturated rings. The van der Waals surface area contributed by atoms with Crippen LogP contribution in [0.3, 0.4) is 0 Å². The summed E-state index contributed by atoms with van der Waals surface area (Å²) in [5.41, 5.74) is 6.31. The van der Waals surface area contributed by atoms with Gasteiger partial charge in [0.25, 0.3) is 5.91 Å². The van der Waals surface area contributed by atoms with E-state index >= 15 is 0 Å². The first-order valence-corrected chi connectivity index (χ1v) is 8.55. The maximum Gasteiger partial charge on any atom is 0.573 e. The van der Waals surface area contributed by atoms with Crippen molar-refractivity contribution in [3.05, 3.63) is 41.9 Å². The molecular formula is C18H16F3N5O4. The topological polar surface area (TPSA) is 125 Å². The van der Waals surface area contributed by atoms with E-state index < -0.39 is 18.0 Å². The second-order valence-electron chi connectivity index (χ2n) is 5.90. The number of halogens is 3. The lowest BCUT2D eigenvalue weighted by atomic mass is 10.1. The molecule has 0 unspecified atom stereocenters. The number of aryl methyl sites for hydroxylation is 1. The summed E-state index contributed by atoms with van der Waals surface area (Å²) in [5, 5.41) is 6.06. The molecule has 1 aromatic carbocycles. The highest BCUT2D eigenvalue weighted by Crippen LogP contribution is 2.37. The van der Waals surface area contributed by atoms with Crippen molar-refractivity contribution in [1.29, 1.82) is 0 Å². The van der Waals surface area contributed by atoms with Crippen LogP contribution in [-0.4, -0.2) is 34.0 Å². The first-order valence-electron chi connectivity index (χ1n) is 8.55. The summed E-state index contributed by atoms with van der Waals surface area (Å²) in [7, 11) is 0. The molecule has 9 nitrogen and oxygen atoms in total. The second-order valence-corrected chi connectivity index (χ2v) is 5.90. The number of carbonyl (C=O) groups is 1. The van der Waals surface area contributed by atoms with Crippen LogP contribution in [0.1, 0.15) is 23.0 Å². The number of aromatic nitrogens is 3. The lowest BCUT2D eigenvalue weighted by molar-refractivity contribution is -0.274. The van der Waals surface area contributed by atoms with Gasteiger partial charge in [-0.15, -0.1) is 13.2 Å².